The third kappa shape index (κ3) is 4.21. The van der Waals surface area contributed by atoms with Crippen molar-refractivity contribution >= 4 is 11.6 Å². The molecule has 1 heterocycles. The number of halogens is 4. The molecular weight excluding hydrogens is 354 g/mol. The van der Waals surface area contributed by atoms with Gasteiger partial charge in [-0.3, -0.25) is 4.79 Å². The second-order valence-electron chi connectivity index (χ2n) is 5.28. The van der Waals surface area contributed by atoms with Gasteiger partial charge in [-0.15, -0.1) is 10.2 Å². The van der Waals surface area contributed by atoms with Crippen LogP contribution in [0.1, 0.15) is 5.56 Å². The molecule has 3 rings (SSSR count). The molecule has 0 aliphatic rings. The van der Waals surface area contributed by atoms with Gasteiger partial charge in [-0.25, -0.2) is 4.39 Å². The van der Waals surface area contributed by atoms with Gasteiger partial charge in [0, 0.05) is 11.3 Å². The normalized spacial score (nSPS) is 11.4. The summed E-state index contributed by atoms with van der Waals surface area (Å²) >= 11 is 0. The van der Waals surface area contributed by atoms with E-state index in [0.717, 1.165) is 23.0 Å². The molecule has 0 atom stereocenters. The Kier molecular flexibility index (Phi) is 4.65. The minimum Gasteiger partial charge on any atom is -0.324 e. The number of tetrazole rings is 1. The smallest absolute Gasteiger partial charge is 0.324 e. The molecule has 0 bridgehead atoms. The molecular formula is C16H11F4N5O. The van der Waals surface area contributed by atoms with Crippen LogP contribution in [0, 0.1) is 5.82 Å². The molecule has 0 fully saturated rings. The Labute approximate surface area is 144 Å². The summed E-state index contributed by atoms with van der Waals surface area (Å²) in [5.41, 5.74) is -0.458. The van der Waals surface area contributed by atoms with Crippen molar-refractivity contribution in [3.05, 3.63) is 59.9 Å². The average molecular weight is 365 g/mol. The summed E-state index contributed by atoms with van der Waals surface area (Å²) in [7, 11) is 0. The van der Waals surface area contributed by atoms with Gasteiger partial charge in [0.1, 0.15) is 12.4 Å². The Morgan fingerprint density at radius 2 is 1.88 bits per heavy atom. The van der Waals surface area contributed by atoms with Crippen molar-refractivity contribution in [2.24, 2.45) is 0 Å². The summed E-state index contributed by atoms with van der Waals surface area (Å²) in [5, 5.41) is 13.6. The van der Waals surface area contributed by atoms with E-state index in [-0.39, 0.29) is 23.6 Å². The van der Waals surface area contributed by atoms with Crippen molar-refractivity contribution in [1.29, 1.82) is 0 Å². The number of carbonyl (C=O) groups is 1. The van der Waals surface area contributed by atoms with Crippen LogP contribution in [0.5, 0.6) is 0 Å². The molecule has 10 heteroatoms. The summed E-state index contributed by atoms with van der Waals surface area (Å²) < 4.78 is 51.3. The fourth-order valence-corrected chi connectivity index (χ4v) is 2.16. The summed E-state index contributed by atoms with van der Waals surface area (Å²) in [6.07, 6.45) is -4.49. The summed E-state index contributed by atoms with van der Waals surface area (Å²) in [5.74, 6) is -1.09. The van der Waals surface area contributed by atoms with E-state index in [9.17, 15) is 22.4 Å². The van der Waals surface area contributed by atoms with Crippen molar-refractivity contribution < 1.29 is 22.4 Å². The number of hydrogen-bond acceptors (Lipinski definition) is 4. The van der Waals surface area contributed by atoms with Gasteiger partial charge < -0.3 is 5.32 Å². The zero-order valence-electron chi connectivity index (χ0n) is 13.0. The Morgan fingerprint density at radius 1 is 1.12 bits per heavy atom. The van der Waals surface area contributed by atoms with Gasteiger partial charge in [0.05, 0.1) is 5.56 Å². The third-order valence-corrected chi connectivity index (χ3v) is 3.29. The lowest BCUT2D eigenvalue weighted by molar-refractivity contribution is -0.137. The highest BCUT2D eigenvalue weighted by Gasteiger charge is 2.30. The third-order valence-electron chi connectivity index (χ3n) is 3.29. The van der Waals surface area contributed by atoms with Crippen LogP contribution < -0.4 is 5.32 Å². The first-order valence-electron chi connectivity index (χ1n) is 7.32. The van der Waals surface area contributed by atoms with Crippen molar-refractivity contribution in [2.75, 3.05) is 5.32 Å². The van der Waals surface area contributed by atoms with Gasteiger partial charge in [0.25, 0.3) is 0 Å². The number of benzene rings is 2. The monoisotopic (exact) mass is 365 g/mol. The van der Waals surface area contributed by atoms with Crippen LogP contribution in [0.4, 0.5) is 23.2 Å². The van der Waals surface area contributed by atoms with Crippen LogP contribution in [0.15, 0.2) is 48.5 Å². The molecule has 0 radical (unpaired) electrons. The fourth-order valence-electron chi connectivity index (χ4n) is 2.16. The van der Waals surface area contributed by atoms with E-state index >= 15 is 0 Å². The Hall–Kier alpha value is -3.30. The van der Waals surface area contributed by atoms with Gasteiger partial charge in [-0.1, -0.05) is 18.2 Å². The number of carbonyl (C=O) groups excluding carboxylic acids is 1. The molecule has 0 aliphatic heterocycles. The highest BCUT2D eigenvalue weighted by atomic mass is 19.4. The van der Waals surface area contributed by atoms with Crippen molar-refractivity contribution in [2.45, 2.75) is 12.7 Å². The number of amides is 1. The van der Waals surface area contributed by atoms with Gasteiger partial charge in [0.15, 0.2) is 0 Å². The predicted octanol–water partition coefficient (Wildman–Crippen LogP) is 3.14. The van der Waals surface area contributed by atoms with Crippen molar-refractivity contribution in [3.8, 4) is 11.4 Å². The van der Waals surface area contributed by atoms with Crippen LogP contribution in [-0.2, 0) is 17.5 Å². The van der Waals surface area contributed by atoms with Crippen LogP contribution in [0.25, 0.3) is 11.4 Å². The Balaban J connectivity index is 1.71. The number of alkyl halides is 3. The molecule has 3 aromatic rings. The molecule has 26 heavy (non-hydrogen) atoms. The van der Waals surface area contributed by atoms with Gasteiger partial charge in [0.2, 0.25) is 11.7 Å². The number of nitrogens with zero attached hydrogens (tertiary/aromatic N) is 4. The van der Waals surface area contributed by atoms with Gasteiger partial charge in [-0.05, 0) is 35.5 Å². The quantitative estimate of drug-likeness (QED) is 0.721. The molecule has 134 valence electrons. The largest absolute Gasteiger partial charge is 0.416 e. The Bertz CT molecular complexity index is 938. The molecule has 0 unspecified atom stereocenters. The first kappa shape index (κ1) is 17.5. The van der Waals surface area contributed by atoms with E-state index in [1.165, 1.54) is 30.3 Å². The Morgan fingerprint density at radius 3 is 2.62 bits per heavy atom. The fraction of sp³-hybridized carbons (Fsp3) is 0.125. The van der Waals surface area contributed by atoms with E-state index in [0.29, 0.717) is 0 Å². The number of nitrogens with one attached hydrogen (secondary N) is 1. The molecule has 0 saturated heterocycles. The maximum absolute atomic E-state index is 13.1. The molecule has 6 nitrogen and oxygen atoms in total. The zero-order chi connectivity index (χ0) is 18.7. The average Bonchev–Trinajstić information content (AvgIpc) is 3.02. The van der Waals surface area contributed by atoms with Crippen LogP contribution >= 0.6 is 0 Å². The highest BCUT2D eigenvalue weighted by molar-refractivity contribution is 5.90. The summed E-state index contributed by atoms with van der Waals surface area (Å²) in [6.45, 7) is -0.331. The van der Waals surface area contributed by atoms with Crippen molar-refractivity contribution in [1.82, 2.24) is 20.2 Å². The maximum Gasteiger partial charge on any atom is 0.416 e. The van der Waals surface area contributed by atoms with E-state index in [1.807, 2.05) is 0 Å². The molecule has 1 amide bonds. The van der Waals surface area contributed by atoms with E-state index in [4.69, 9.17) is 0 Å². The zero-order valence-corrected chi connectivity index (χ0v) is 13.0. The van der Waals surface area contributed by atoms with Crippen LogP contribution in [0.3, 0.4) is 0 Å². The highest BCUT2D eigenvalue weighted by Crippen LogP contribution is 2.31. The number of rotatable bonds is 4. The number of aromatic nitrogens is 4. The van der Waals surface area contributed by atoms with E-state index in [1.54, 1.807) is 0 Å². The maximum atomic E-state index is 13.1. The minimum atomic E-state index is -4.49. The summed E-state index contributed by atoms with van der Waals surface area (Å²) in [6, 6.07) is 9.78. The lowest BCUT2D eigenvalue weighted by Gasteiger charge is -2.06. The first-order valence-corrected chi connectivity index (χ1v) is 7.32. The molecule has 1 N–H and O–H groups in total. The molecule has 0 aliphatic carbocycles. The second-order valence-corrected chi connectivity index (χ2v) is 5.28. The van der Waals surface area contributed by atoms with Gasteiger partial charge >= 0.3 is 6.18 Å². The molecule has 0 saturated carbocycles. The van der Waals surface area contributed by atoms with Crippen molar-refractivity contribution in [3.63, 3.8) is 0 Å². The predicted molar refractivity (Wildman–Crippen MR) is 83.3 cm³/mol. The molecule has 0 spiro atoms. The standard InChI is InChI=1S/C16H11F4N5O/c17-12-5-2-6-13(8-12)21-14(26)9-25-23-15(22-24-25)10-3-1-4-11(7-10)16(18,19)20/h1-8H,9H2,(H,21,26). The SMILES string of the molecule is O=C(Cn1nnc(-c2cccc(C(F)(F)F)c2)n1)Nc1cccc(F)c1. The topological polar surface area (TPSA) is 72.7 Å². The summed E-state index contributed by atoms with van der Waals surface area (Å²) in [4.78, 5) is 12.8. The number of anilines is 1. The lowest BCUT2D eigenvalue weighted by atomic mass is 10.1. The van der Waals surface area contributed by atoms with Crippen LogP contribution in [-0.4, -0.2) is 26.1 Å². The van der Waals surface area contributed by atoms with E-state index in [2.05, 4.69) is 20.7 Å². The first-order chi connectivity index (χ1) is 12.3. The van der Waals surface area contributed by atoms with Crippen LogP contribution in [0.2, 0.25) is 0 Å². The minimum absolute atomic E-state index is 0.0466. The molecule has 1 aromatic heterocycles. The second kappa shape index (κ2) is 6.90. The lowest BCUT2D eigenvalue weighted by Crippen LogP contribution is -2.20. The number of hydrogen-bond donors (Lipinski definition) is 1. The van der Waals surface area contributed by atoms with Gasteiger partial charge in [-0.2, -0.15) is 18.0 Å². The van der Waals surface area contributed by atoms with E-state index < -0.39 is 23.5 Å². The molecule has 2 aromatic carbocycles.